The Morgan fingerprint density at radius 3 is 2.60 bits per heavy atom. The van der Waals surface area contributed by atoms with Crippen LogP contribution in [0.15, 0.2) is 24.3 Å². The lowest BCUT2D eigenvalue weighted by atomic mass is 9.77. The number of alkyl halides is 1. The molecule has 1 fully saturated rings. The summed E-state index contributed by atoms with van der Waals surface area (Å²) >= 11 is 3.82. The van der Waals surface area contributed by atoms with Gasteiger partial charge in [-0.05, 0) is 43.1 Å². The molecule has 2 rings (SSSR count). The average Bonchev–Trinajstić information content (AvgIpc) is 2.43. The van der Waals surface area contributed by atoms with E-state index >= 15 is 0 Å². The highest BCUT2D eigenvalue weighted by Gasteiger charge is 2.28. The molecular formula is C16H22BrNO2. The molecule has 110 valence electrons. The highest BCUT2D eigenvalue weighted by Crippen LogP contribution is 2.37. The first-order chi connectivity index (χ1) is 9.60. The second-order valence-corrected chi connectivity index (χ2v) is 7.05. The minimum absolute atomic E-state index is 0.177. The van der Waals surface area contributed by atoms with Crippen LogP contribution in [0.25, 0.3) is 0 Å². The fourth-order valence-corrected chi connectivity index (χ4v) is 3.93. The van der Waals surface area contributed by atoms with E-state index in [0.717, 1.165) is 12.3 Å². The molecular weight excluding hydrogens is 318 g/mol. The van der Waals surface area contributed by atoms with Gasteiger partial charge in [0.25, 0.3) is 5.69 Å². The number of hydrogen-bond donors (Lipinski definition) is 0. The molecule has 0 aromatic heterocycles. The third kappa shape index (κ3) is 4.05. The third-order valence-corrected chi connectivity index (χ3v) is 5.55. The molecule has 20 heavy (non-hydrogen) atoms. The van der Waals surface area contributed by atoms with Crippen LogP contribution >= 0.6 is 15.9 Å². The number of hydrogen-bond acceptors (Lipinski definition) is 2. The van der Waals surface area contributed by atoms with Gasteiger partial charge in [-0.3, -0.25) is 10.1 Å². The van der Waals surface area contributed by atoms with Crippen molar-refractivity contribution in [2.24, 2.45) is 11.8 Å². The maximum atomic E-state index is 10.7. The largest absolute Gasteiger partial charge is 0.269 e. The first-order valence-electron chi connectivity index (χ1n) is 7.47. The number of nitro groups is 1. The Hall–Kier alpha value is -0.900. The van der Waals surface area contributed by atoms with Gasteiger partial charge in [-0.25, -0.2) is 0 Å². The standard InChI is InChI=1S/C16H22BrNO2/c1-2-3-12-6-9-16(17)14(10-12)11-13-4-7-15(8-5-13)18(19)20/h4-5,7-8,12,14,16H,2-3,6,9-11H2,1H3. The van der Waals surface area contributed by atoms with Crippen molar-refractivity contribution in [1.29, 1.82) is 0 Å². The minimum atomic E-state index is -0.338. The van der Waals surface area contributed by atoms with Gasteiger partial charge in [0.1, 0.15) is 0 Å². The Labute approximate surface area is 129 Å². The Bertz CT molecular complexity index is 446. The Morgan fingerprint density at radius 2 is 2.00 bits per heavy atom. The van der Waals surface area contributed by atoms with Gasteiger partial charge in [0.15, 0.2) is 0 Å². The topological polar surface area (TPSA) is 43.1 Å². The van der Waals surface area contributed by atoms with Crippen LogP contribution in [0.4, 0.5) is 5.69 Å². The molecule has 3 atom stereocenters. The molecule has 0 heterocycles. The quantitative estimate of drug-likeness (QED) is 0.424. The Morgan fingerprint density at radius 1 is 1.30 bits per heavy atom. The molecule has 0 radical (unpaired) electrons. The second-order valence-electron chi connectivity index (χ2n) is 5.87. The average molecular weight is 340 g/mol. The summed E-state index contributed by atoms with van der Waals surface area (Å²) < 4.78 is 0. The van der Waals surface area contributed by atoms with Gasteiger partial charge >= 0.3 is 0 Å². The van der Waals surface area contributed by atoms with Gasteiger partial charge in [0.05, 0.1) is 4.92 Å². The lowest BCUT2D eigenvalue weighted by Crippen LogP contribution is -2.26. The molecule has 3 unspecified atom stereocenters. The van der Waals surface area contributed by atoms with E-state index in [9.17, 15) is 10.1 Å². The number of nitrogens with zero attached hydrogens (tertiary/aromatic N) is 1. The molecule has 4 heteroatoms. The first kappa shape index (κ1) is 15.5. The number of rotatable bonds is 5. The molecule has 0 amide bonds. The molecule has 0 spiro atoms. The lowest BCUT2D eigenvalue weighted by Gasteiger charge is -2.33. The molecule has 1 aromatic rings. The summed E-state index contributed by atoms with van der Waals surface area (Å²) in [5.41, 5.74) is 1.39. The SMILES string of the molecule is CCCC1CCC(Br)C(Cc2ccc([N+](=O)[O-])cc2)C1. The van der Waals surface area contributed by atoms with Crippen LogP contribution < -0.4 is 0 Å². The molecule has 0 N–H and O–H groups in total. The van der Waals surface area contributed by atoms with Crippen molar-refractivity contribution in [2.75, 3.05) is 0 Å². The van der Waals surface area contributed by atoms with Crippen LogP contribution in [0.3, 0.4) is 0 Å². The number of benzene rings is 1. The maximum Gasteiger partial charge on any atom is 0.269 e. The van der Waals surface area contributed by atoms with Gasteiger partial charge in [0, 0.05) is 17.0 Å². The van der Waals surface area contributed by atoms with Crippen molar-refractivity contribution in [3.63, 3.8) is 0 Å². The summed E-state index contributed by atoms with van der Waals surface area (Å²) in [5.74, 6) is 1.51. The molecule has 1 aromatic carbocycles. The van der Waals surface area contributed by atoms with Gasteiger partial charge in [-0.15, -0.1) is 0 Å². The van der Waals surface area contributed by atoms with E-state index in [1.807, 2.05) is 12.1 Å². The lowest BCUT2D eigenvalue weighted by molar-refractivity contribution is -0.384. The van der Waals surface area contributed by atoms with Gasteiger partial charge in [-0.1, -0.05) is 47.8 Å². The molecule has 1 aliphatic rings. The molecule has 3 nitrogen and oxygen atoms in total. The molecule has 1 aliphatic carbocycles. The Kier molecular flexibility index (Phi) is 5.58. The van der Waals surface area contributed by atoms with Crippen molar-refractivity contribution in [1.82, 2.24) is 0 Å². The smallest absolute Gasteiger partial charge is 0.258 e. The summed E-state index contributed by atoms with van der Waals surface area (Å²) in [4.78, 5) is 10.9. The predicted molar refractivity (Wildman–Crippen MR) is 85.3 cm³/mol. The summed E-state index contributed by atoms with van der Waals surface area (Å²) in [6.45, 7) is 2.26. The van der Waals surface area contributed by atoms with Crippen LogP contribution in [-0.4, -0.2) is 9.75 Å². The van der Waals surface area contributed by atoms with Crippen molar-refractivity contribution in [3.8, 4) is 0 Å². The summed E-state index contributed by atoms with van der Waals surface area (Å²) in [6.07, 6.45) is 7.48. The second kappa shape index (κ2) is 7.21. The maximum absolute atomic E-state index is 10.7. The van der Waals surface area contributed by atoms with E-state index in [2.05, 4.69) is 22.9 Å². The fraction of sp³-hybridized carbons (Fsp3) is 0.625. The summed E-state index contributed by atoms with van der Waals surface area (Å²) in [7, 11) is 0. The van der Waals surface area contributed by atoms with E-state index in [1.54, 1.807) is 12.1 Å². The number of non-ortho nitro benzene ring substituents is 1. The van der Waals surface area contributed by atoms with Gasteiger partial charge < -0.3 is 0 Å². The molecule has 0 bridgehead atoms. The summed E-state index contributed by atoms with van der Waals surface area (Å²) in [5, 5.41) is 10.7. The monoisotopic (exact) mass is 339 g/mol. The zero-order valence-corrected chi connectivity index (χ0v) is 13.5. The van der Waals surface area contributed by atoms with Crippen molar-refractivity contribution >= 4 is 21.6 Å². The molecule has 0 aliphatic heterocycles. The van der Waals surface area contributed by atoms with E-state index in [0.29, 0.717) is 10.7 Å². The van der Waals surface area contributed by atoms with Crippen LogP contribution in [0.5, 0.6) is 0 Å². The third-order valence-electron chi connectivity index (χ3n) is 4.34. The molecule has 0 saturated heterocycles. The van der Waals surface area contributed by atoms with E-state index in [1.165, 1.54) is 37.7 Å². The normalized spacial score (nSPS) is 26.4. The zero-order valence-electron chi connectivity index (χ0n) is 11.9. The van der Waals surface area contributed by atoms with Crippen LogP contribution in [0, 0.1) is 22.0 Å². The van der Waals surface area contributed by atoms with Crippen LogP contribution in [-0.2, 0) is 6.42 Å². The highest BCUT2D eigenvalue weighted by atomic mass is 79.9. The van der Waals surface area contributed by atoms with Crippen molar-refractivity contribution < 1.29 is 4.92 Å². The van der Waals surface area contributed by atoms with E-state index in [4.69, 9.17) is 0 Å². The van der Waals surface area contributed by atoms with Crippen molar-refractivity contribution in [3.05, 3.63) is 39.9 Å². The van der Waals surface area contributed by atoms with Gasteiger partial charge in [-0.2, -0.15) is 0 Å². The molecule has 1 saturated carbocycles. The zero-order chi connectivity index (χ0) is 14.5. The van der Waals surface area contributed by atoms with Crippen molar-refractivity contribution in [2.45, 2.75) is 50.3 Å². The Balaban J connectivity index is 1.98. The first-order valence-corrected chi connectivity index (χ1v) is 8.39. The highest BCUT2D eigenvalue weighted by molar-refractivity contribution is 9.09. The fourth-order valence-electron chi connectivity index (χ4n) is 3.26. The predicted octanol–water partition coefficient (Wildman–Crippen LogP) is 5.12. The minimum Gasteiger partial charge on any atom is -0.258 e. The van der Waals surface area contributed by atoms with E-state index in [-0.39, 0.29) is 10.6 Å². The van der Waals surface area contributed by atoms with E-state index < -0.39 is 0 Å². The van der Waals surface area contributed by atoms with Crippen LogP contribution in [0.1, 0.15) is 44.6 Å². The summed E-state index contributed by atoms with van der Waals surface area (Å²) in [6, 6.07) is 7.04. The number of nitro benzene ring substituents is 1. The van der Waals surface area contributed by atoms with Gasteiger partial charge in [0.2, 0.25) is 0 Å². The number of halogens is 1. The van der Waals surface area contributed by atoms with Crippen LogP contribution in [0.2, 0.25) is 0 Å².